The average molecular weight is 338 g/mol. The van der Waals surface area contributed by atoms with Crippen LogP contribution in [-0.4, -0.2) is 27.8 Å². The summed E-state index contributed by atoms with van der Waals surface area (Å²) < 4.78 is 14.7. The fraction of sp³-hybridized carbons (Fsp3) is 0.158. The number of amides is 2. The second-order valence-corrected chi connectivity index (χ2v) is 5.77. The van der Waals surface area contributed by atoms with Crippen LogP contribution in [0.5, 0.6) is 0 Å². The highest BCUT2D eigenvalue weighted by Gasteiger charge is 2.10. The first-order valence-corrected chi connectivity index (χ1v) is 7.94. The van der Waals surface area contributed by atoms with Crippen molar-refractivity contribution in [2.24, 2.45) is 0 Å². The SMILES string of the molecule is CN(Cc1cnn(-c2ccccc2)c1)C(=O)NCc1ccc(F)cc1. The maximum atomic E-state index is 12.9. The lowest BCUT2D eigenvalue weighted by Gasteiger charge is -2.17. The van der Waals surface area contributed by atoms with Crippen LogP contribution < -0.4 is 5.32 Å². The lowest BCUT2D eigenvalue weighted by atomic mass is 10.2. The van der Waals surface area contributed by atoms with Gasteiger partial charge in [-0.25, -0.2) is 13.9 Å². The lowest BCUT2D eigenvalue weighted by Crippen LogP contribution is -2.36. The minimum atomic E-state index is -0.289. The largest absolute Gasteiger partial charge is 0.334 e. The number of urea groups is 1. The number of hydrogen-bond acceptors (Lipinski definition) is 2. The van der Waals surface area contributed by atoms with Gasteiger partial charge in [-0.3, -0.25) is 0 Å². The van der Waals surface area contributed by atoms with E-state index >= 15 is 0 Å². The zero-order valence-electron chi connectivity index (χ0n) is 13.9. The second-order valence-electron chi connectivity index (χ2n) is 5.77. The number of nitrogens with zero attached hydrogens (tertiary/aromatic N) is 3. The van der Waals surface area contributed by atoms with E-state index in [1.165, 1.54) is 12.1 Å². The first-order valence-electron chi connectivity index (χ1n) is 7.94. The molecule has 0 aliphatic heterocycles. The normalized spacial score (nSPS) is 10.5. The molecule has 3 aromatic rings. The molecule has 0 bridgehead atoms. The van der Waals surface area contributed by atoms with Gasteiger partial charge in [0.05, 0.1) is 18.4 Å². The van der Waals surface area contributed by atoms with Crippen molar-refractivity contribution in [1.29, 1.82) is 0 Å². The summed E-state index contributed by atoms with van der Waals surface area (Å²) in [5.74, 6) is -0.289. The average Bonchev–Trinajstić information content (AvgIpc) is 3.10. The van der Waals surface area contributed by atoms with Crippen molar-refractivity contribution in [2.45, 2.75) is 13.1 Å². The summed E-state index contributed by atoms with van der Waals surface area (Å²) in [7, 11) is 1.72. The van der Waals surface area contributed by atoms with Gasteiger partial charge in [-0.2, -0.15) is 5.10 Å². The van der Waals surface area contributed by atoms with Gasteiger partial charge in [0.25, 0.3) is 0 Å². The molecule has 25 heavy (non-hydrogen) atoms. The topological polar surface area (TPSA) is 50.2 Å². The molecule has 0 fully saturated rings. The van der Waals surface area contributed by atoms with Gasteiger partial charge in [-0.05, 0) is 29.8 Å². The molecule has 2 aromatic carbocycles. The molecule has 1 N–H and O–H groups in total. The number of carbonyl (C=O) groups is 1. The van der Waals surface area contributed by atoms with Crippen LogP contribution >= 0.6 is 0 Å². The van der Waals surface area contributed by atoms with Crippen LogP contribution in [0, 0.1) is 5.82 Å². The third kappa shape index (κ3) is 4.44. The molecule has 1 aromatic heterocycles. The summed E-state index contributed by atoms with van der Waals surface area (Å²) >= 11 is 0. The van der Waals surface area contributed by atoms with Crippen molar-refractivity contribution in [3.63, 3.8) is 0 Å². The molecule has 6 heteroatoms. The Bertz CT molecular complexity index is 830. The standard InChI is InChI=1S/C19H19FN4O/c1-23(19(25)21-11-15-7-9-17(20)10-8-15)13-16-12-22-24(14-16)18-5-3-2-4-6-18/h2-10,12,14H,11,13H2,1H3,(H,21,25). The number of halogens is 1. The molecule has 5 nitrogen and oxygen atoms in total. The van der Waals surface area contributed by atoms with Crippen molar-refractivity contribution in [1.82, 2.24) is 20.0 Å². The summed E-state index contributed by atoms with van der Waals surface area (Å²) in [6.07, 6.45) is 3.65. The number of carbonyl (C=O) groups excluding carboxylic acids is 1. The number of para-hydroxylation sites is 1. The molecule has 0 aliphatic carbocycles. The van der Waals surface area contributed by atoms with Gasteiger partial charge in [0.15, 0.2) is 0 Å². The number of aromatic nitrogens is 2. The van der Waals surface area contributed by atoms with E-state index in [9.17, 15) is 9.18 Å². The Balaban J connectivity index is 1.54. The summed E-state index contributed by atoms with van der Waals surface area (Å²) in [4.78, 5) is 13.8. The van der Waals surface area contributed by atoms with E-state index in [-0.39, 0.29) is 11.8 Å². The van der Waals surface area contributed by atoms with E-state index in [0.717, 1.165) is 16.8 Å². The second kappa shape index (κ2) is 7.61. The molecule has 0 unspecified atom stereocenters. The van der Waals surface area contributed by atoms with Crippen LogP contribution in [0.2, 0.25) is 0 Å². The van der Waals surface area contributed by atoms with Gasteiger partial charge in [-0.15, -0.1) is 0 Å². The van der Waals surface area contributed by atoms with Crippen LogP contribution in [0.3, 0.4) is 0 Å². The molecule has 0 spiro atoms. The highest BCUT2D eigenvalue weighted by Crippen LogP contribution is 2.09. The molecular formula is C19H19FN4O. The van der Waals surface area contributed by atoms with Crippen molar-refractivity contribution in [2.75, 3.05) is 7.05 Å². The Morgan fingerprint density at radius 1 is 1.12 bits per heavy atom. The van der Waals surface area contributed by atoms with Gasteiger partial charge in [0, 0.05) is 25.4 Å². The quantitative estimate of drug-likeness (QED) is 0.775. The van der Waals surface area contributed by atoms with E-state index in [2.05, 4.69) is 10.4 Å². The number of rotatable bonds is 5. The highest BCUT2D eigenvalue weighted by atomic mass is 19.1. The van der Waals surface area contributed by atoms with Crippen molar-refractivity contribution >= 4 is 6.03 Å². The van der Waals surface area contributed by atoms with E-state index in [0.29, 0.717) is 13.1 Å². The smallest absolute Gasteiger partial charge is 0.317 e. The van der Waals surface area contributed by atoms with Crippen LogP contribution in [0.25, 0.3) is 5.69 Å². The monoisotopic (exact) mass is 338 g/mol. The van der Waals surface area contributed by atoms with E-state index in [1.54, 1.807) is 35.0 Å². The molecule has 128 valence electrons. The van der Waals surface area contributed by atoms with Gasteiger partial charge in [-0.1, -0.05) is 30.3 Å². The Morgan fingerprint density at radius 3 is 2.56 bits per heavy atom. The fourth-order valence-corrected chi connectivity index (χ4v) is 2.42. The molecule has 2 amide bonds. The zero-order valence-corrected chi connectivity index (χ0v) is 13.9. The minimum absolute atomic E-state index is 0.197. The van der Waals surface area contributed by atoms with Crippen LogP contribution in [0.1, 0.15) is 11.1 Å². The first kappa shape index (κ1) is 16.7. The molecule has 0 radical (unpaired) electrons. The maximum absolute atomic E-state index is 12.9. The Morgan fingerprint density at radius 2 is 1.84 bits per heavy atom. The molecule has 0 atom stereocenters. The Hall–Kier alpha value is -3.15. The van der Waals surface area contributed by atoms with Gasteiger partial charge in [0.1, 0.15) is 5.82 Å². The molecular weight excluding hydrogens is 319 g/mol. The third-order valence-electron chi connectivity index (χ3n) is 3.78. The van der Waals surface area contributed by atoms with Gasteiger partial charge >= 0.3 is 6.03 Å². The molecule has 0 aliphatic rings. The summed E-state index contributed by atoms with van der Waals surface area (Å²) in [5, 5.41) is 7.14. The van der Waals surface area contributed by atoms with Crippen LogP contribution in [0.4, 0.5) is 9.18 Å². The number of benzene rings is 2. The first-order chi connectivity index (χ1) is 12.1. The van der Waals surface area contributed by atoms with E-state index in [4.69, 9.17) is 0 Å². The predicted octanol–water partition coefficient (Wildman–Crippen LogP) is 3.35. The number of nitrogens with one attached hydrogen (secondary N) is 1. The van der Waals surface area contributed by atoms with Crippen molar-refractivity contribution in [3.05, 3.63) is 83.9 Å². The van der Waals surface area contributed by atoms with E-state index in [1.807, 2.05) is 36.5 Å². The van der Waals surface area contributed by atoms with Crippen LogP contribution in [-0.2, 0) is 13.1 Å². The summed E-state index contributed by atoms with van der Waals surface area (Å²) in [6.45, 7) is 0.800. The molecule has 0 saturated heterocycles. The van der Waals surface area contributed by atoms with Crippen molar-refractivity contribution < 1.29 is 9.18 Å². The Kier molecular flexibility index (Phi) is 5.09. The Labute approximate surface area is 145 Å². The maximum Gasteiger partial charge on any atom is 0.317 e. The highest BCUT2D eigenvalue weighted by molar-refractivity contribution is 5.73. The van der Waals surface area contributed by atoms with Gasteiger partial charge in [0.2, 0.25) is 0 Å². The lowest BCUT2D eigenvalue weighted by molar-refractivity contribution is 0.206. The third-order valence-corrected chi connectivity index (χ3v) is 3.78. The molecule has 3 rings (SSSR count). The zero-order chi connectivity index (χ0) is 17.6. The number of hydrogen-bond donors (Lipinski definition) is 1. The molecule has 1 heterocycles. The van der Waals surface area contributed by atoms with Crippen LogP contribution in [0.15, 0.2) is 67.0 Å². The summed E-state index contributed by atoms with van der Waals surface area (Å²) in [5.41, 5.74) is 2.75. The summed E-state index contributed by atoms with van der Waals surface area (Å²) in [6, 6.07) is 15.7. The molecule has 0 saturated carbocycles. The fourth-order valence-electron chi connectivity index (χ4n) is 2.42. The minimum Gasteiger partial charge on any atom is -0.334 e. The van der Waals surface area contributed by atoms with E-state index < -0.39 is 0 Å². The predicted molar refractivity (Wildman–Crippen MR) is 93.7 cm³/mol. The van der Waals surface area contributed by atoms with Crippen molar-refractivity contribution in [3.8, 4) is 5.69 Å². The van der Waals surface area contributed by atoms with Gasteiger partial charge < -0.3 is 10.2 Å².